The van der Waals surface area contributed by atoms with Crippen molar-refractivity contribution in [2.24, 2.45) is 5.92 Å². The first-order valence-electron chi connectivity index (χ1n) is 8.83. The summed E-state index contributed by atoms with van der Waals surface area (Å²) in [6.07, 6.45) is 6.21. The molecule has 1 fully saturated rings. The van der Waals surface area contributed by atoms with E-state index in [9.17, 15) is 0 Å². The smallest absolute Gasteiger partial charge is 0.227 e. The average Bonchev–Trinajstić information content (AvgIpc) is 3.04. The molecule has 4 rings (SSSR count). The summed E-state index contributed by atoms with van der Waals surface area (Å²) >= 11 is 0. The number of rotatable bonds is 4. The van der Waals surface area contributed by atoms with Crippen LogP contribution in [0.1, 0.15) is 24.4 Å². The molecule has 6 nitrogen and oxygen atoms in total. The van der Waals surface area contributed by atoms with Gasteiger partial charge >= 0.3 is 0 Å². The van der Waals surface area contributed by atoms with Gasteiger partial charge < -0.3 is 15.0 Å². The molecular formula is C19H23N5O. The largest absolute Gasteiger partial charge is 0.477 e. The lowest BCUT2D eigenvalue weighted by Gasteiger charge is -2.22. The number of aromatic amines is 1. The van der Waals surface area contributed by atoms with Crippen molar-refractivity contribution in [2.45, 2.75) is 26.7 Å². The van der Waals surface area contributed by atoms with Crippen LogP contribution in [0.4, 0.5) is 0 Å². The number of aromatic nitrogens is 4. The van der Waals surface area contributed by atoms with Crippen LogP contribution in [-0.2, 0) is 0 Å². The third-order valence-corrected chi connectivity index (χ3v) is 4.67. The zero-order valence-electron chi connectivity index (χ0n) is 14.7. The fourth-order valence-corrected chi connectivity index (χ4v) is 3.41. The van der Waals surface area contributed by atoms with E-state index in [2.05, 4.69) is 31.3 Å². The molecule has 1 aliphatic heterocycles. The van der Waals surface area contributed by atoms with Gasteiger partial charge in [-0.15, -0.1) is 0 Å². The van der Waals surface area contributed by atoms with Crippen LogP contribution in [0.3, 0.4) is 0 Å². The Morgan fingerprint density at radius 1 is 1.28 bits per heavy atom. The molecule has 3 aromatic rings. The third-order valence-electron chi connectivity index (χ3n) is 4.67. The molecule has 1 aliphatic rings. The number of ether oxygens (including phenoxy) is 1. The molecule has 4 heterocycles. The van der Waals surface area contributed by atoms with E-state index < -0.39 is 0 Å². The standard InChI is InChI=1S/C19H23N5O/c1-12-8-15(5-7-21-12)16-10-22-18-17(16)19(24-13(2)23-18)25-11-14-4-3-6-20-9-14/h5,7-8,10,14,20H,3-4,6,9,11H2,1-2H3,(H,22,23,24)/t14-/m1/s1. The lowest BCUT2D eigenvalue weighted by Crippen LogP contribution is -2.33. The number of H-pyrrole nitrogens is 1. The van der Waals surface area contributed by atoms with Gasteiger partial charge in [0.15, 0.2) is 0 Å². The number of fused-ring (bicyclic) bond motifs is 1. The molecule has 2 N–H and O–H groups in total. The fourth-order valence-electron chi connectivity index (χ4n) is 3.41. The van der Waals surface area contributed by atoms with Crippen LogP contribution in [0.25, 0.3) is 22.2 Å². The van der Waals surface area contributed by atoms with Crippen molar-refractivity contribution in [3.05, 3.63) is 36.0 Å². The van der Waals surface area contributed by atoms with Crippen LogP contribution >= 0.6 is 0 Å². The summed E-state index contributed by atoms with van der Waals surface area (Å²) in [5.74, 6) is 1.91. The van der Waals surface area contributed by atoms with Gasteiger partial charge in [-0.05, 0) is 50.9 Å². The van der Waals surface area contributed by atoms with E-state index >= 15 is 0 Å². The van der Waals surface area contributed by atoms with Gasteiger partial charge in [0.1, 0.15) is 11.5 Å². The van der Waals surface area contributed by atoms with Crippen molar-refractivity contribution >= 4 is 11.0 Å². The fraction of sp³-hybridized carbons (Fsp3) is 0.421. The molecule has 0 radical (unpaired) electrons. The molecule has 1 saturated heterocycles. The van der Waals surface area contributed by atoms with Crippen molar-refractivity contribution in [2.75, 3.05) is 19.7 Å². The predicted octanol–water partition coefficient (Wildman–Crippen LogP) is 3.02. The molecule has 0 bridgehead atoms. The van der Waals surface area contributed by atoms with Crippen molar-refractivity contribution in [3.63, 3.8) is 0 Å². The van der Waals surface area contributed by atoms with Crippen molar-refractivity contribution in [1.29, 1.82) is 0 Å². The number of pyridine rings is 1. The lowest BCUT2D eigenvalue weighted by molar-refractivity contribution is 0.214. The molecule has 1 atom stereocenters. The Kier molecular flexibility index (Phi) is 4.36. The van der Waals surface area contributed by atoms with Crippen LogP contribution in [0.15, 0.2) is 24.5 Å². The molecule has 0 aliphatic carbocycles. The number of hydrogen-bond donors (Lipinski definition) is 2. The number of nitrogens with one attached hydrogen (secondary N) is 2. The highest BCUT2D eigenvalue weighted by Crippen LogP contribution is 2.34. The summed E-state index contributed by atoms with van der Waals surface area (Å²) in [7, 11) is 0. The predicted molar refractivity (Wildman–Crippen MR) is 97.7 cm³/mol. The topological polar surface area (TPSA) is 75.7 Å². The van der Waals surface area contributed by atoms with E-state index in [1.807, 2.05) is 32.3 Å². The second-order valence-electron chi connectivity index (χ2n) is 6.71. The number of piperidine rings is 1. The monoisotopic (exact) mass is 337 g/mol. The first kappa shape index (κ1) is 16.0. The number of nitrogens with zero attached hydrogens (tertiary/aromatic N) is 3. The van der Waals surface area contributed by atoms with Crippen LogP contribution in [0.5, 0.6) is 5.88 Å². The highest BCUT2D eigenvalue weighted by Gasteiger charge is 2.18. The molecule has 0 spiro atoms. The van der Waals surface area contributed by atoms with E-state index in [4.69, 9.17) is 4.74 Å². The molecule has 6 heteroatoms. The molecule has 0 unspecified atom stereocenters. The zero-order valence-corrected chi connectivity index (χ0v) is 14.7. The van der Waals surface area contributed by atoms with Gasteiger partial charge in [0, 0.05) is 36.1 Å². The summed E-state index contributed by atoms with van der Waals surface area (Å²) in [5, 5.41) is 4.38. The van der Waals surface area contributed by atoms with Gasteiger partial charge in [0.25, 0.3) is 0 Å². The Morgan fingerprint density at radius 3 is 3.00 bits per heavy atom. The van der Waals surface area contributed by atoms with Crippen LogP contribution in [-0.4, -0.2) is 39.6 Å². The van der Waals surface area contributed by atoms with Gasteiger partial charge in [-0.2, -0.15) is 4.98 Å². The maximum Gasteiger partial charge on any atom is 0.227 e. The molecular weight excluding hydrogens is 314 g/mol. The van der Waals surface area contributed by atoms with E-state index in [1.165, 1.54) is 12.8 Å². The summed E-state index contributed by atoms with van der Waals surface area (Å²) in [6.45, 7) is 6.68. The Balaban J connectivity index is 1.70. The Morgan fingerprint density at radius 2 is 2.20 bits per heavy atom. The van der Waals surface area contributed by atoms with Crippen molar-refractivity contribution in [3.8, 4) is 17.0 Å². The molecule has 25 heavy (non-hydrogen) atoms. The Labute approximate surface area is 147 Å². The summed E-state index contributed by atoms with van der Waals surface area (Å²) in [5.41, 5.74) is 3.94. The summed E-state index contributed by atoms with van der Waals surface area (Å²) < 4.78 is 6.16. The van der Waals surface area contributed by atoms with E-state index in [0.29, 0.717) is 24.2 Å². The number of hydrogen-bond acceptors (Lipinski definition) is 5. The molecule has 3 aromatic heterocycles. The average molecular weight is 337 g/mol. The van der Waals surface area contributed by atoms with Gasteiger partial charge in [-0.3, -0.25) is 4.98 Å². The SMILES string of the molecule is Cc1cc(-c2c[nH]c3nc(C)nc(OC[C@@H]4CCCNC4)c23)ccn1. The van der Waals surface area contributed by atoms with Gasteiger partial charge in [-0.1, -0.05) is 0 Å². The van der Waals surface area contributed by atoms with E-state index in [1.54, 1.807) is 0 Å². The highest BCUT2D eigenvalue weighted by atomic mass is 16.5. The minimum atomic E-state index is 0.532. The van der Waals surface area contributed by atoms with E-state index in [-0.39, 0.29) is 0 Å². The van der Waals surface area contributed by atoms with Crippen LogP contribution in [0.2, 0.25) is 0 Å². The van der Waals surface area contributed by atoms with Gasteiger partial charge in [-0.25, -0.2) is 4.98 Å². The molecule has 0 aromatic carbocycles. The minimum Gasteiger partial charge on any atom is -0.477 e. The van der Waals surface area contributed by atoms with Crippen LogP contribution < -0.4 is 10.1 Å². The second-order valence-corrected chi connectivity index (χ2v) is 6.71. The minimum absolute atomic E-state index is 0.532. The molecule has 130 valence electrons. The van der Waals surface area contributed by atoms with Gasteiger partial charge in [0.2, 0.25) is 5.88 Å². The zero-order chi connectivity index (χ0) is 17.2. The maximum absolute atomic E-state index is 6.16. The third kappa shape index (κ3) is 3.35. The molecule has 0 amide bonds. The normalized spacial score (nSPS) is 17.8. The number of aryl methyl sites for hydroxylation is 2. The second kappa shape index (κ2) is 6.80. The molecule has 0 saturated carbocycles. The lowest BCUT2D eigenvalue weighted by atomic mass is 10.0. The van der Waals surface area contributed by atoms with Crippen LogP contribution in [0, 0.1) is 19.8 Å². The van der Waals surface area contributed by atoms with Gasteiger partial charge in [0.05, 0.1) is 12.0 Å². The first-order chi connectivity index (χ1) is 12.2. The first-order valence-corrected chi connectivity index (χ1v) is 8.83. The highest BCUT2D eigenvalue weighted by molar-refractivity contribution is 5.97. The van der Waals surface area contributed by atoms with E-state index in [0.717, 1.165) is 40.9 Å². The Bertz CT molecular complexity index is 883. The van der Waals surface area contributed by atoms with Crippen molar-refractivity contribution in [1.82, 2.24) is 25.3 Å². The quantitative estimate of drug-likeness (QED) is 0.765. The summed E-state index contributed by atoms with van der Waals surface area (Å²) in [4.78, 5) is 16.6. The Hall–Kier alpha value is -2.47. The summed E-state index contributed by atoms with van der Waals surface area (Å²) in [6, 6.07) is 4.07. The maximum atomic E-state index is 6.16. The van der Waals surface area contributed by atoms with Crippen molar-refractivity contribution < 1.29 is 4.74 Å².